The van der Waals surface area contributed by atoms with E-state index in [9.17, 15) is 22.8 Å². The minimum atomic E-state index is -1.03. The monoisotopic (exact) mass is 652 g/mol. The first kappa shape index (κ1) is 32.2. The number of hydrogen-bond acceptors (Lipinski definition) is 8. The zero-order valence-corrected chi connectivity index (χ0v) is 25.9. The Hall–Kier alpha value is -5.74. The molecular formula is C35H31F3N8O2. The van der Waals surface area contributed by atoms with Gasteiger partial charge in [-0.15, -0.1) is 0 Å². The number of carbonyl (C=O) groups is 1. The minimum absolute atomic E-state index is 0.0573. The lowest BCUT2D eigenvalue weighted by molar-refractivity contribution is 0.0951. The molecule has 48 heavy (non-hydrogen) atoms. The van der Waals surface area contributed by atoms with Gasteiger partial charge in [-0.25, -0.2) is 28.1 Å². The van der Waals surface area contributed by atoms with Crippen molar-refractivity contribution < 1.29 is 18.0 Å². The Morgan fingerprint density at radius 2 is 1.81 bits per heavy atom. The third kappa shape index (κ3) is 7.79. The number of nitrogens with zero attached hydrogens (tertiary/aromatic N) is 5. The van der Waals surface area contributed by atoms with Gasteiger partial charge in [-0.05, 0) is 87.1 Å². The van der Waals surface area contributed by atoms with E-state index in [0.29, 0.717) is 34.0 Å². The van der Waals surface area contributed by atoms with Gasteiger partial charge in [0.25, 0.3) is 11.5 Å². The third-order valence-corrected chi connectivity index (χ3v) is 7.92. The molecule has 10 nitrogen and oxygen atoms in total. The van der Waals surface area contributed by atoms with Crippen LogP contribution in [0, 0.1) is 29.3 Å². The number of nitrogens with one attached hydrogen (secondary N) is 3. The van der Waals surface area contributed by atoms with E-state index in [2.05, 4.69) is 54.7 Å². The van der Waals surface area contributed by atoms with Crippen LogP contribution in [0.3, 0.4) is 0 Å². The molecule has 1 saturated heterocycles. The number of piperidine rings is 1. The van der Waals surface area contributed by atoms with Crippen LogP contribution in [0.25, 0.3) is 10.9 Å². The number of rotatable bonds is 8. The molecule has 5 aromatic rings. The van der Waals surface area contributed by atoms with E-state index in [0.717, 1.165) is 43.5 Å². The molecule has 0 aliphatic carbocycles. The summed E-state index contributed by atoms with van der Waals surface area (Å²) in [4.78, 5) is 40.4. The summed E-state index contributed by atoms with van der Waals surface area (Å²) in [6.07, 6.45) is 6.20. The number of aromatic nitrogens is 4. The van der Waals surface area contributed by atoms with Gasteiger partial charge in [0.2, 0.25) is 5.95 Å². The van der Waals surface area contributed by atoms with Crippen molar-refractivity contribution in [3.05, 3.63) is 118 Å². The summed E-state index contributed by atoms with van der Waals surface area (Å²) in [5.41, 5.74) is 1.63. The lowest BCUT2D eigenvalue weighted by atomic mass is 10.1. The molecule has 1 amide bonds. The second-order valence-corrected chi connectivity index (χ2v) is 11.5. The second kappa shape index (κ2) is 14.4. The van der Waals surface area contributed by atoms with Gasteiger partial charge in [-0.2, -0.15) is 0 Å². The topological polar surface area (TPSA) is 117 Å². The number of anilines is 3. The van der Waals surface area contributed by atoms with Gasteiger partial charge in [-0.1, -0.05) is 17.9 Å². The van der Waals surface area contributed by atoms with Crippen LogP contribution < -0.4 is 21.5 Å². The molecule has 0 bridgehead atoms. The molecule has 0 unspecified atom stereocenters. The smallest absolute Gasteiger partial charge is 0.282 e. The predicted molar refractivity (Wildman–Crippen MR) is 177 cm³/mol. The largest absolute Gasteiger partial charge is 0.380 e. The summed E-state index contributed by atoms with van der Waals surface area (Å²) in [6, 6.07) is 13.8. The molecular weight excluding hydrogens is 621 g/mol. The van der Waals surface area contributed by atoms with Gasteiger partial charge in [0.1, 0.15) is 5.82 Å². The van der Waals surface area contributed by atoms with Crippen molar-refractivity contribution in [1.29, 1.82) is 0 Å². The quantitative estimate of drug-likeness (QED) is 0.207. The highest BCUT2D eigenvalue weighted by Crippen LogP contribution is 2.24. The Kier molecular flexibility index (Phi) is 9.63. The van der Waals surface area contributed by atoms with E-state index < -0.39 is 23.1 Å². The van der Waals surface area contributed by atoms with Crippen molar-refractivity contribution in [2.24, 2.45) is 0 Å². The van der Waals surface area contributed by atoms with Gasteiger partial charge in [0.15, 0.2) is 17.3 Å². The third-order valence-electron chi connectivity index (χ3n) is 7.92. The molecule has 1 aliphatic heterocycles. The van der Waals surface area contributed by atoms with E-state index in [-0.39, 0.29) is 30.6 Å². The zero-order valence-electron chi connectivity index (χ0n) is 25.9. The van der Waals surface area contributed by atoms with E-state index in [1.165, 1.54) is 29.1 Å². The average molecular weight is 653 g/mol. The maximum atomic E-state index is 14.8. The summed E-state index contributed by atoms with van der Waals surface area (Å²) >= 11 is 0. The molecule has 3 aromatic carbocycles. The van der Waals surface area contributed by atoms with Crippen LogP contribution in [0.5, 0.6) is 0 Å². The van der Waals surface area contributed by atoms with E-state index in [1.807, 2.05) is 0 Å². The molecule has 0 saturated carbocycles. The van der Waals surface area contributed by atoms with Crippen molar-refractivity contribution in [3.63, 3.8) is 0 Å². The maximum Gasteiger partial charge on any atom is 0.282 e. The molecule has 1 fully saturated rings. The fourth-order valence-electron chi connectivity index (χ4n) is 5.30. The van der Waals surface area contributed by atoms with Gasteiger partial charge in [0, 0.05) is 41.3 Å². The number of carbonyl (C=O) groups excluding carboxylic acids is 1. The normalized spacial score (nSPS) is 13.5. The number of hydrogen-bond donors (Lipinski definition) is 3. The van der Waals surface area contributed by atoms with Crippen LogP contribution in [0.2, 0.25) is 0 Å². The molecule has 6 rings (SSSR count). The van der Waals surface area contributed by atoms with Crippen LogP contribution >= 0.6 is 0 Å². The minimum Gasteiger partial charge on any atom is -0.380 e. The summed E-state index contributed by atoms with van der Waals surface area (Å²) in [7, 11) is 2.09. The molecule has 1 aliphatic rings. The van der Waals surface area contributed by atoms with Crippen molar-refractivity contribution in [1.82, 2.24) is 29.7 Å². The number of benzene rings is 3. The van der Waals surface area contributed by atoms with Gasteiger partial charge in [0.05, 0.1) is 24.3 Å². The van der Waals surface area contributed by atoms with Crippen molar-refractivity contribution in [2.45, 2.75) is 25.4 Å². The Balaban J connectivity index is 1.04. The fourth-order valence-corrected chi connectivity index (χ4v) is 5.30. The van der Waals surface area contributed by atoms with Crippen molar-refractivity contribution in [2.75, 3.05) is 37.3 Å². The highest BCUT2D eigenvalue weighted by Gasteiger charge is 2.18. The van der Waals surface area contributed by atoms with E-state index in [4.69, 9.17) is 0 Å². The molecule has 0 atom stereocenters. The summed E-state index contributed by atoms with van der Waals surface area (Å²) in [5, 5.41) is 9.65. The number of halogens is 3. The average Bonchev–Trinajstić information content (AvgIpc) is 3.08. The highest BCUT2D eigenvalue weighted by atomic mass is 19.2. The first-order chi connectivity index (χ1) is 23.2. The van der Waals surface area contributed by atoms with Crippen molar-refractivity contribution in [3.8, 4) is 11.8 Å². The summed E-state index contributed by atoms with van der Waals surface area (Å²) in [5.74, 6) is 3.02. The van der Waals surface area contributed by atoms with Crippen LogP contribution in [-0.2, 0) is 6.54 Å². The van der Waals surface area contributed by atoms with E-state index >= 15 is 0 Å². The molecule has 2 aromatic heterocycles. The number of fused-ring (bicyclic) bond motifs is 1. The van der Waals surface area contributed by atoms with Gasteiger partial charge >= 0.3 is 0 Å². The zero-order chi connectivity index (χ0) is 33.6. The second-order valence-electron chi connectivity index (χ2n) is 11.5. The predicted octanol–water partition coefficient (Wildman–Crippen LogP) is 4.68. The Bertz CT molecular complexity index is 2100. The number of likely N-dealkylation sites (tertiary alicyclic amines) is 1. The molecule has 13 heteroatoms. The standard InChI is InChI=1S/C35H31F3N8O2/c1-45-14-10-25(11-15-45)42-31-9-6-26(19-29(31)38)43-35-41-20-24-17-22(5-8-30(24)44-35)3-2-12-40-33(47)32-34(48)46(16-13-39-32)21-23-4-7-27(36)28(37)18-23/h4-9,13,16-20,25,42H,10-12,14-15,21H2,1H3,(H,40,47)(H,41,43,44). The summed E-state index contributed by atoms with van der Waals surface area (Å²) in [6.45, 7) is 1.84. The van der Waals surface area contributed by atoms with Crippen LogP contribution in [0.15, 0.2) is 78.0 Å². The highest BCUT2D eigenvalue weighted by molar-refractivity contribution is 5.92. The molecule has 0 spiro atoms. The molecule has 0 radical (unpaired) electrons. The molecule has 244 valence electrons. The Morgan fingerprint density at radius 1 is 0.979 bits per heavy atom. The maximum absolute atomic E-state index is 14.8. The summed E-state index contributed by atoms with van der Waals surface area (Å²) < 4.78 is 42.8. The van der Waals surface area contributed by atoms with Gasteiger partial charge < -0.3 is 25.4 Å². The van der Waals surface area contributed by atoms with Crippen LogP contribution in [-0.4, -0.2) is 63.0 Å². The van der Waals surface area contributed by atoms with Crippen LogP contribution in [0.1, 0.15) is 34.5 Å². The lowest BCUT2D eigenvalue weighted by Crippen LogP contribution is -2.36. The lowest BCUT2D eigenvalue weighted by Gasteiger charge is -2.30. The van der Waals surface area contributed by atoms with E-state index in [1.54, 1.807) is 36.5 Å². The first-order valence-corrected chi connectivity index (χ1v) is 15.3. The van der Waals surface area contributed by atoms with Crippen molar-refractivity contribution >= 4 is 34.1 Å². The van der Waals surface area contributed by atoms with Gasteiger partial charge in [-0.3, -0.25) is 9.59 Å². The molecule has 3 heterocycles. The SMILES string of the molecule is CN1CCC(Nc2ccc(Nc3ncc4cc(C#CCNC(=O)c5nccn(Cc6ccc(F)c(F)c6)c5=O)ccc4n3)cc2F)CC1. The fraction of sp³-hybridized carbons (Fsp3) is 0.229. The Morgan fingerprint density at radius 3 is 2.60 bits per heavy atom. The first-order valence-electron chi connectivity index (χ1n) is 15.3. The molecule has 3 N–H and O–H groups in total. The number of amides is 1. The van der Waals surface area contributed by atoms with Crippen LogP contribution in [0.4, 0.5) is 30.5 Å². The Labute approximate surface area is 274 Å².